The quantitative estimate of drug-likeness (QED) is 0.663. The average Bonchev–Trinajstić information content (AvgIpc) is 2.66. The van der Waals surface area contributed by atoms with E-state index < -0.39 is 0 Å². The second-order valence-corrected chi connectivity index (χ2v) is 6.15. The maximum Gasteiger partial charge on any atom is 0.0348 e. The van der Waals surface area contributed by atoms with Crippen LogP contribution in [0.25, 0.3) is 0 Å². The van der Waals surface area contributed by atoms with E-state index in [1.165, 1.54) is 58.3 Å². The second kappa shape index (κ2) is 5.25. The van der Waals surface area contributed by atoms with Crippen molar-refractivity contribution in [1.82, 2.24) is 15.5 Å². The van der Waals surface area contributed by atoms with Gasteiger partial charge < -0.3 is 10.6 Å². The van der Waals surface area contributed by atoms with Gasteiger partial charge in [0.25, 0.3) is 0 Å². The lowest BCUT2D eigenvalue weighted by Gasteiger charge is -2.41. The Morgan fingerprint density at radius 3 is 2.88 bits per heavy atom. The molecule has 3 aliphatic rings. The molecule has 2 N–H and O–H groups in total. The fraction of sp³-hybridized carbons (Fsp3) is 1.00. The smallest absolute Gasteiger partial charge is 0.0348 e. The molecule has 2 heterocycles. The molecule has 0 radical (unpaired) electrons. The molecule has 0 aromatic rings. The minimum absolute atomic E-state index is 0.727. The van der Waals surface area contributed by atoms with Gasteiger partial charge >= 0.3 is 0 Å². The van der Waals surface area contributed by atoms with E-state index in [1.54, 1.807) is 0 Å². The zero-order chi connectivity index (χ0) is 11.7. The average molecular weight is 237 g/mol. The number of fused-ring (bicyclic) bond motifs is 2. The Bertz CT molecular complexity index is 256. The van der Waals surface area contributed by atoms with Gasteiger partial charge in [-0.25, -0.2) is 0 Å². The summed E-state index contributed by atoms with van der Waals surface area (Å²) in [6.45, 7) is 7.28. The lowest BCUT2D eigenvalue weighted by Crippen LogP contribution is -2.56. The summed E-state index contributed by atoms with van der Waals surface area (Å²) in [7, 11) is 0. The summed E-state index contributed by atoms with van der Waals surface area (Å²) in [6, 6.07) is 2.30. The minimum Gasteiger partial charge on any atom is -0.314 e. The summed E-state index contributed by atoms with van der Waals surface area (Å²) < 4.78 is 0. The Morgan fingerprint density at radius 2 is 1.94 bits per heavy atom. The lowest BCUT2D eigenvalue weighted by atomic mass is 9.88. The van der Waals surface area contributed by atoms with E-state index in [1.807, 2.05) is 0 Å². The Morgan fingerprint density at radius 1 is 1.06 bits per heavy atom. The first-order valence-electron chi connectivity index (χ1n) is 7.56. The van der Waals surface area contributed by atoms with Crippen LogP contribution >= 0.6 is 0 Å². The van der Waals surface area contributed by atoms with E-state index >= 15 is 0 Å². The van der Waals surface area contributed by atoms with Gasteiger partial charge in [-0.05, 0) is 25.7 Å². The number of nitrogens with zero attached hydrogens (tertiary/aromatic N) is 1. The number of hydrogen-bond donors (Lipinski definition) is 2. The predicted molar refractivity (Wildman–Crippen MR) is 71.2 cm³/mol. The van der Waals surface area contributed by atoms with Crippen LogP contribution in [0.15, 0.2) is 0 Å². The van der Waals surface area contributed by atoms with Gasteiger partial charge in [0.15, 0.2) is 0 Å². The van der Waals surface area contributed by atoms with E-state index in [2.05, 4.69) is 22.5 Å². The summed E-state index contributed by atoms with van der Waals surface area (Å²) in [6.07, 6.45) is 7.18. The van der Waals surface area contributed by atoms with Crippen LogP contribution in [0.5, 0.6) is 0 Å². The molecule has 3 fully saturated rings. The van der Waals surface area contributed by atoms with Crippen LogP contribution in [0, 0.1) is 5.92 Å². The summed E-state index contributed by atoms with van der Waals surface area (Å²) in [5, 5.41) is 7.42. The molecule has 0 amide bonds. The van der Waals surface area contributed by atoms with Crippen LogP contribution in [-0.2, 0) is 0 Å². The topological polar surface area (TPSA) is 27.3 Å². The van der Waals surface area contributed by atoms with Crippen LogP contribution in [0.2, 0.25) is 0 Å². The molecule has 0 bridgehead atoms. The minimum atomic E-state index is 0.727. The molecule has 3 rings (SSSR count). The van der Waals surface area contributed by atoms with Crippen LogP contribution < -0.4 is 10.6 Å². The Balaban J connectivity index is 1.77. The zero-order valence-corrected chi connectivity index (χ0v) is 11.1. The third-order valence-electron chi connectivity index (χ3n) is 5.22. The Kier molecular flexibility index (Phi) is 3.69. The number of nitrogens with one attached hydrogen (secondary N) is 2. The van der Waals surface area contributed by atoms with E-state index in [4.69, 9.17) is 0 Å². The first kappa shape index (κ1) is 11.9. The third kappa shape index (κ3) is 2.38. The van der Waals surface area contributed by atoms with Crippen molar-refractivity contribution in [1.29, 1.82) is 0 Å². The molecular weight excluding hydrogens is 210 g/mol. The fourth-order valence-corrected chi connectivity index (χ4v) is 4.20. The molecule has 0 aromatic heterocycles. The van der Waals surface area contributed by atoms with E-state index in [-0.39, 0.29) is 0 Å². The van der Waals surface area contributed by atoms with E-state index in [9.17, 15) is 0 Å². The summed E-state index contributed by atoms with van der Waals surface area (Å²) in [5.74, 6) is 0.889. The highest BCUT2D eigenvalue weighted by molar-refractivity contribution is 4.96. The number of hydrogen-bond acceptors (Lipinski definition) is 3. The van der Waals surface area contributed by atoms with Crippen molar-refractivity contribution in [3.63, 3.8) is 0 Å². The highest BCUT2D eigenvalue weighted by atomic mass is 15.3. The zero-order valence-electron chi connectivity index (χ0n) is 11.1. The molecule has 3 heteroatoms. The van der Waals surface area contributed by atoms with Crippen molar-refractivity contribution >= 4 is 0 Å². The normalized spacial score (nSPS) is 44.3. The van der Waals surface area contributed by atoms with Crippen LogP contribution in [0.4, 0.5) is 0 Å². The molecule has 2 unspecified atom stereocenters. The van der Waals surface area contributed by atoms with Crippen LogP contribution in [0.3, 0.4) is 0 Å². The molecular formula is C14H27N3. The molecule has 0 spiro atoms. The fourth-order valence-electron chi connectivity index (χ4n) is 4.20. The third-order valence-corrected chi connectivity index (χ3v) is 5.22. The van der Waals surface area contributed by atoms with Gasteiger partial charge in [0, 0.05) is 44.3 Å². The van der Waals surface area contributed by atoms with Gasteiger partial charge in [-0.15, -0.1) is 0 Å². The van der Waals surface area contributed by atoms with Gasteiger partial charge in [0.05, 0.1) is 0 Å². The molecule has 4 atom stereocenters. The van der Waals surface area contributed by atoms with Gasteiger partial charge in [-0.2, -0.15) is 0 Å². The van der Waals surface area contributed by atoms with Gasteiger partial charge in [0.2, 0.25) is 0 Å². The molecule has 2 aliphatic heterocycles. The lowest BCUT2D eigenvalue weighted by molar-refractivity contribution is 0.0926. The maximum absolute atomic E-state index is 3.87. The molecule has 1 saturated carbocycles. The van der Waals surface area contributed by atoms with Crippen molar-refractivity contribution in [2.24, 2.45) is 5.92 Å². The maximum atomic E-state index is 3.87. The van der Waals surface area contributed by atoms with E-state index in [0.29, 0.717) is 0 Å². The summed E-state index contributed by atoms with van der Waals surface area (Å²) >= 11 is 0. The summed E-state index contributed by atoms with van der Waals surface area (Å²) in [5.41, 5.74) is 0. The molecule has 98 valence electrons. The second-order valence-electron chi connectivity index (χ2n) is 6.15. The largest absolute Gasteiger partial charge is 0.314 e. The predicted octanol–water partition coefficient (Wildman–Crippen LogP) is 1.20. The Hall–Kier alpha value is -0.120. The monoisotopic (exact) mass is 237 g/mol. The molecule has 0 aromatic carbocycles. The van der Waals surface area contributed by atoms with Crippen LogP contribution in [0.1, 0.15) is 39.0 Å². The van der Waals surface area contributed by atoms with Crippen molar-refractivity contribution in [2.45, 2.75) is 57.2 Å². The molecule has 1 aliphatic carbocycles. The first-order chi connectivity index (χ1) is 8.36. The number of rotatable bonds is 0. The molecule has 2 saturated heterocycles. The van der Waals surface area contributed by atoms with Crippen molar-refractivity contribution in [3.8, 4) is 0 Å². The SMILES string of the molecule is C[C@H]1[C@@H]2CCCCCC2NCC2CNCCN21. The van der Waals surface area contributed by atoms with E-state index in [0.717, 1.165) is 24.0 Å². The highest BCUT2D eigenvalue weighted by Gasteiger charge is 2.38. The molecule has 17 heavy (non-hydrogen) atoms. The summed E-state index contributed by atoms with van der Waals surface area (Å²) in [4.78, 5) is 2.78. The van der Waals surface area contributed by atoms with Gasteiger partial charge in [-0.3, -0.25) is 4.90 Å². The van der Waals surface area contributed by atoms with Crippen molar-refractivity contribution in [3.05, 3.63) is 0 Å². The van der Waals surface area contributed by atoms with Crippen molar-refractivity contribution in [2.75, 3.05) is 26.2 Å². The van der Waals surface area contributed by atoms with Gasteiger partial charge in [-0.1, -0.05) is 19.3 Å². The molecule has 3 nitrogen and oxygen atoms in total. The van der Waals surface area contributed by atoms with Crippen molar-refractivity contribution < 1.29 is 0 Å². The first-order valence-corrected chi connectivity index (χ1v) is 7.56. The van der Waals surface area contributed by atoms with Gasteiger partial charge in [0.1, 0.15) is 0 Å². The number of piperazine rings is 1. The van der Waals surface area contributed by atoms with Crippen LogP contribution in [-0.4, -0.2) is 49.2 Å². The highest BCUT2D eigenvalue weighted by Crippen LogP contribution is 2.31. The Labute approximate surface area is 105 Å². The standard InChI is InChI=1S/C14H27N3/c1-11-13-5-3-2-4-6-14(13)16-10-12-9-15-7-8-17(11)12/h11-16H,2-10H2,1H3/t11-,12?,13-,14?/m0/s1.